The van der Waals surface area contributed by atoms with Gasteiger partial charge in [-0.25, -0.2) is 8.42 Å². The average molecular weight is 371 g/mol. The van der Waals surface area contributed by atoms with Crippen molar-refractivity contribution in [1.29, 1.82) is 0 Å². The molecule has 8 heteroatoms. The van der Waals surface area contributed by atoms with Gasteiger partial charge in [-0.2, -0.15) is 5.10 Å². The summed E-state index contributed by atoms with van der Waals surface area (Å²) in [5.41, 5.74) is 3.46. The number of nitrogens with one attached hydrogen (secondary N) is 1. The molecule has 1 aliphatic rings. The molecule has 1 aromatic rings. The minimum Gasteiger partial charge on any atom is -0.356 e. The maximum Gasteiger partial charge on any atom is 0.221 e. The van der Waals surface area contributed by atoms with E-state index in [9.17, 15) is 13.2 Å². The number of nitrogens with zero attached hydrogens (tertiary/aromatic N) is 3. The van der Waals surface area contributed by atoms with Crippen LogP contribution >= 0.6 is 0 Å². The van der Waals surface area contributed by atoms with Gasteiger partial charge in [-0.1, -0.05) is 0 Å². The van der Waals surface area contributed by atoms with Crippen LogP contribution in [0.5, 0.6) is 0 Å². The van der Waals surface area contributed by atoms with E-state index >= 15 is 0 Å². The summed E-state index contributed by atoms with van der Waals surface area (Å²) >= 11 is 0. The van der Waals surface area contributed by atoms with E-state index in [0.29, 0.717) is 25.9 Å². The lowest BCUT2D eigenvalue weighted by atomic mass is 10.2. The molecule has 0 aliphatic carbocycles. The normalized spacial score (nSPS) is 19.5. The third kappa shape index (κ3) is 5.54. The molecule has 0 spiro atoms. The lowest BCUT2D eigenvalue weighted by molar-refractivity contribution is -0.121. The van der Waals surface area contributed by atoms with Crippen molar-refractivity contribution >= 4 is 15.7 Å². The van der Waals surface area contributed by atoms with Crippen molar-refractivity contribution in [3.05, 3.63) is 17.0 Å². The molecule has 0 unspecified atom stereocenters. The van der Waals surface area contributed by atoms with Crippen molar-refractivity contribution in [2.24, 2.45) is 0 Å². The van der Waals surface area contributed by atoms with Crippen LogP contribution in [0.3, 0.4) is 0 Å². The van der Waals surface area contributed by atoms with Crippen molar-refractivity contribution < 1.29 is 13.2 Å². The van der Waals surface area contributed by atoms with E-state index in [-0.39, 0.29) is 23.5 Å². The molecular weight excluding hydrogens is 340 g/mol. The lowest BCUT2D eigenvalue weighted by Gasteiger charge is -2.22. The third-order valence-corrected chi connectivity index (χ3v) is 6.89. The molecule has 1 N–H and O–H groups in total. The summed E-state index contributed by atoms with van der Waals surface area (Å²) in [6.45, 7) is 8.14. The predicted molar refractivity (Wildman–Crippen MR) is 98.4 cm³/mol. The summed E-state index contributed by atoms with van der Waals surface area (Å²) < 4.78 is 25.0. The first-order valence-corrected chi connectivity index (χ1v) is 10.7. The van der Waals surface area contributed by atoms with Crippen LogP contribution in [-0.4, -0.2) is 66.7 Å². The van der Waals surface area contributed by atoms with Crippen LogP contribution in [0.25, 0.3) is 0 Å². The number of hydrogen-bond acceptors (Lipinski definition) is 5. The highest BCUT2D eigenvalue weighted by molar-refractivity contribution is 7.91. The highest BCUT2D eigenvalue weighted by atomic mass is 32.2. The molecule has 1 aliphatic heterocycles. The van der Waals surface area contributed by atoms with E-state index in [1.165, 1.54) is 11.3 Å². The Kier molecular flexibility index (Phi) is 6.62. The van der Waals surface area contributed by atoms with Crippen molar-refractivity contribution in [2.75, 3.05) is 31.6 Å². The van der Waals surface area contributed by atoms with Gasteiger partial charge in [-0.3, -0.25) is 9.48 Å². The monoisotopic (exact) mass is 370 g/mol. The Morgan fingerprint density at radius 2 is 2.08 bits per heavy atom. The standard InChI is InChI=1S/C17H30N4O3S/c1-13-14(2)19-21(15(13)3)9-5-8-18-17(22)6-10-20(4)16-7-11-25(23,24)12-16/h16H,5-12H2,1-4H3,(H,18,22)/t16-/m1/s1. The molecule has 1 atom stereocenters. The Labute approximate surface area is 150 Å². The van der Waals surface area contributed by atoms with Crippen molar-refractivity contribution in [3.63, 3.8) is 0 Å². The second-order valence-corrected chi connectivity index (χ2v) is 9.24. The van der Waals surface area contributed by atoms with Gasteiger partial charge >= 0.3 is 0 Å². The molecular formula is C17H30N4O3S. The minimum absolute atomic E-state index is 0.0113. The molecule has 0 aromatic carbocycles. The molecule has 0 bridgehead atoms. The fourth-order valence-electron chi connectivity index (χ4n) is 3.13. The van der Waals surface area contributed by atoms with Crippen LogP contribution in [0, 0.1) is 20.8 Å². The molecule has 1 fully saturated rings. The molecule has 2 rings (SSSR count). The van der Waals surface area contributed by atoms with Crippen molar-refractivity contribution in [2.45, 2.75) is 52.6 Å². The molecule has 7 nitrogen and oxygen atoms in total. The maximum atomic E-state index is 11.9. The predicted octanol–water partition coefficient (Wildman–Crippen LogP) is 0.824. The molecule has 2 heterocycles. The van der Waals surface area contributed by atoms with E-state index in [1.807, 2.05) is 23.6 Å². The zero-order chi connectivity index (χ0) is 18.6. The number of hydrogen-bond donors (Lipinski definition) is 1. The first-order valence-electron chi connectivity index (χ1n) is 8.87. The van der Waals surface area contributed by atoms with Crippen LogP contribution in [0.4, 0.5) is 0 Å². The number of carbonyl (C=O) groups is 1. The third-order valence-electron chi connectivity index (χ3n) is 5.14. The fourth-order valence-corrected chi connectivity index (χ4v) is 4.94. The summed E-state index contributed by atoms with van der Waals surface area (Å²) in [5, 5.41) is 7.42. The zero-order valence-electron chi connectivity index (χ0n) is 15.7. The van der Waals surface area contributed by atoms with E-state index in [4.69, 9.17) is 0 Å². The van der Waals surface area contributed by atoms with Gasteiger partial charge in [0.15, 0.2) is 9.84 Å². The highest BCUT2D eigenvalue weighted by Gasteiger charge is 2.30. The number of aromatic nitrogens is 2. The van der Waals surface area contributed by atoms with E-state index in [0.717, 1.165) is 18.7 Å². The van der Waals surface area contributed by atoms with Gasteiger partial charge in [0.2, 0.25) is 5.91 Å². The molecule has 25 heavy (non-hydrogen) atoms. The average Bonchev–Trinajstić information content (AvgIpc) is 3.04. The largest absolute Gasteiger partial charge is 0.356 e. The topological polar surface area (TPSA) is 84.3 Å². The van der Waals surface area contributed by atoms with E-state index < -0.39 is 9.84 Å². The van der Waals surface area contributed by atoms with E-state index in [1.54, 1.807) is 0 Å². The van der Waals surface area contributed by atoms with Crippen LogP contribution in [0.15, 0.2) is 0 Å². The SMILES string of the molecule is Cc1nn(CCCNC(=O)CCN(C)[C@@H]2CCS(=O)(=O)C2)c(C)c1C. The maximum absolute atomic E-state index is 11.9. The minimum atomic E-state index is -2.88. The number of amides is 1. The number of rotatable bonds is 8. The Balaban J connectivity index is 1.63. The first-order chi connectivity index (χ1) is 11.7. The van der Waals surface area contributed by atoms with Crippen LogP contribution in [0.2, 0.25) is 0 Å². The Bertz CT molecular complexity index is 712. The van der Waals surface area contributed by atoms with E-state index in [2.05, 4.69) is 24.3 Å². The van der Waals surface area contributed by atoms with Gasteiger partial charge in [0.1, 0.15) is 0 Å². The van der Waals surface area contributed by atoms with Gasteiger partial charge in [-0.05, 0) is 46.2 Å². The molecule has 142 valence electrons. The Morgan fingerprint density at radius 3 is 2.64 bits per heavy atom. The number of carbonyl (C=O) groups excluding carboxylic acids is 1. The van der Waals surface area contributed by atoms with Crippen LogP contribution in [0.1, 0.15) is 36.2 Å². The summed E-state index contributed by atoms with van der Waals surface area (Å²) in [5.74, 6) is 0.491. The molecule has 1 saturated heterocycles. The smallest absolute Gasteiger partial charge is 0.221 e. The molecule has 0 radical (unpaired) electrons. The van der Waals surface area contributed by atoms with Crippen molar-refractivity contribution in [1.82, 2.24) is 20.0 Å². The van der Waals surface area contributed by atoms with Gasteiger partial charge in [0, 0.05) is 37.8 Å². The summed E-state index contributed by atoms with van der Waals surface area (Å²) in [4.78, 5) is 13.9. The highest BCUT2D eigenvalue weighted by Crippen LogP contribution is 2.16. The fraction of sp³-hybridized carbons (Fsp3) is 0.765. The second kappa shape index (κ2) is 8.31. The summed E-state index contributed by atoms with van der Waals surface area (Å²) in [6.07, 6.45) is 1.90. The quantitative estimate of drug-likeness (QED) is 0.685. The Morgan fingerprint density at radius 1 is 1.36 bits per heavy atom. The van der Waals surface area contributed by atoms with Crippen LogP contribution < -0.4 is 5.32 Å². The van der Waals surface area contributed by atoms with Gasteiger partial charge in [-0.15, -0.1) is 0 Å². The second-order valence-electron chi connectivity index (χ2n) is 7.01. The number of sulfone groups is 1. The van der Waals surface area contributed by atoms with Gasteiger partial charge < -0.3 is 10.2 Å². The number of aryl methyl sites for hydroxylation is 2. The van der Waals surface area contributed by atoms with Crippen molar-refractivity contribution in [3.8, 4) is 0 Å². The summed E-state index contributed by atoms with van der Waals surface area (Å²) in [6, 6.07) is 0.0482. The molecule has 1 amide bonds. The summed E-state index contributed by atoms with van der Waals surface area (Å²) in [7, 11) is -0.986. The first kappa shape index (κ1) is 19.9. The molecule has 1 aromatic heterocycles. The van der Waals surface area contributed by atoms with Crippen LogP contribution in [-0.2, 0) is 21.2 Å². The molecule has 0 saturated carbocycles. The Hall–Kier alpha value is -1.41. The van der Waals surface area contributed by atoms with Gasteiger partial charge in [0.05, 0.1) is 17.2 Å². The zero-order valence-corrected chi connectivity index (χ0v) is 16.5. The van der Waals surface area contributed by atoms with Gasteiger partial charge in [0.25, 0.3) is 0 Å². The lowest BCUT2D eigenvalue weighted by Crippen LogP contribution is -2.36.